The normalized spacial score (nSPS) is 28.9. The van der Waals surface area contributed by atoms with Gasteiger partial charge >= 0.3 is 0 Å². The number of para-hydroxylation sites is 1. The number of hydrogen-bond acceptors (Lipinski definition) is 8. The lowest BCUT2D eigenvalue weighted by Gasteiger charge is -2.50. The van der Waals surface area contributed by atoms with Crippen molar-refractivity contribution < 1.29 is 28.8 Å². The maximum atomic E-state index is 14.0. The van der Waals surface area contributed by atoms with Crippen LogP contribution in [0.4, 0.5) is 0 Å². The molecule has 1 saturated carbocycles. The summed E-state index contributed by atoms with van der Waals surface area (Å²) in [6.07, 6.45) is -0.799. The zero-order valence-electron chi connectivity index (χ0n) is 19.9. The Morgan fingerprint density at radius 3 is 2.44 bits per heavy atom. The molecule has 1 spiro atoms. The number of halogens is 1. The molecule has 8 nitrogen and oxygen atoms in total. The lowest BCUT2D eigenvalue weighted by atomic mass is 9.62. The van der Waals surface area contributed by atoms with E-state index in [1.54, 1.807) is 20.2 Å². The first-order chi connectivity index (χ1) is 16.3. The van der Waals surface area contributed by atoms with Gasteiger partial charge in [-0.15, -0.1) is 0 Å². The number of aliphatic hydroxyl groups excluding tert-OH is 1. The first-order valence-electron chi connectivity index (χ1n) is 11.2. The minimum atomic E-state index is -1.58. The summed E-state index contributed by atoms with van der Waals surface area (Å²) in [7, 11) is 6.31. The van der Waals surface area contributed by atoms with Crippen LogP contribution >= 0.6 is 11.6 Å². The van der Waals surface area contributed by atoms with Crippen molar-refractivity contribution in [3.63, 3.8) is 0 Å². The quantitative estimate of drug-likeness (QED) is 0.566. The number of methoxy groups -OCH3 is 3. The number of nitrogens with two attached hydrogens (primary N) is 1. The van der Waals surface area contributed by atoms with E-state index in [2.05, 4.69) is 5.32 Å². The second kappa shape index (κ2) is 9.26. The number of ketones is 1. The van der Waals surface area contributed by atoms with E-state index in [0.29, 0.717) is 17.9 Å². The molecule has 0 bridgehead atoms. The molecule has 34 heavy (non-hydrogen) atoms. The van der Waals surface area contributed by atoms with Crippen molar-refractivity contribution in [2.45, 2.75) is 37.1 Å². The number of ether oxygens (including phenoxy) is 4. The highest BCUT2D eigenvalue weighted by molar-refractivity contribution is 6.35. The van der Waals surface area contributed by atoms with Crippen LogP contribution in [0.2, 0.25) is 5.02 Å². The summed E-state index contributed by atoms with van der Waals surface area (Å²) in [5.74, 6) is 0.0644. The maximum Gasteiger partial charge on any atom is 0.216 e. The van der Waals surface area contributed by atoms with Gasteiger partial charge in [0.1, 0.15) is 33.9 Å². The predicted octanol–water partition coefficient (Wildman–Crippen LogP) is 2.98. The van der Waals surface area contributed by atoms with Gasteiger partial charge in [-0.05, 0) is 19.5 Å². The average Bonchev–Trinajstić information content (AvgIpc) is 3.16. The minimum absolute atomic E-state index is 0.154. The van der Waals surface area contributed by atoms with Crippen molar-refractivity contribution in [2.75, 3.05) is 28.4 Å². The third-order valence-electron chi connectivity index (χ3n) is 7.27. The smallest absolute Gasteiger partial charge is 0.216 e. The number of aliphatic hydroxyl groups is 1. The molecule has 6 atom stereocenters. The number of rotatable bonds is 6. The molecular weight excluding hydrogens is 460 g/mol. The number of Topliss-reactive ketones (excluding diaryl/α,β-unsaturated/α-hetero) is 1. The van der Waals surface area contributed by atoms with Crippen molar-refractivity contribution in [3.05, 3.63) is 46.5 Å². The summed E-state index contributed by atoms with van der Waals surface area (Å²) in [6.45, 7) is 1.86. The van der Waals surface area contributed by atoms with Gasteiger partial charge in [-0.2, -0.15) is 0 Å². The SMILES string of the molecule is CNC(c1ccccc1OC)C1C(N)C[C@@H](C)[C@]2(Oc3c(Cl)c(OC)cc(OC)c3C2=O)[C@@H]1O. The van der Waals surface area contributed by atoms with Gasteiger partial charge in [-0.25, -0.2) is 0 Å². The molecular formula is C25H31ClN2O6. The summed E-state index contributed by atoms with van der Waals surface area (Å²) in [6, 6.07) is 8.27. The van der Waals surface area contributed by atoms with E-state index in [1.165, 1.54) is 14.2 Å². The molecule has 2 aromatic rings. The molecule has 0 amide bonds. The molecule has 2 aliphatic rings. The van der Waals surface area contributed by atoms with Crippen molar-refractivity contribution in [2.24, 2.45) is 17.6 Å². The van der Waals surface area contributed by atoms with E-state index in [-0.39, 0.29) is 27.9 Å². The van der Waals surface area contributed by atoms with Crippen LogP contribution in [-0.4, -0.2) is 57.0 Å². The molecule has 0 saturated heterocycles. The molecule has 1 heterocycles. The summed E-state index contributed by atoms with van der Waals surface area (Å²) < 4.78 is 22.7. The third-order valence-corrected chi connectivity index (χ3v) is 7.63. The van der Waals surface area contributed by atoms with Crippen molar-refractivity contribution in [3.8, 4) is 23.0 Å². The zero-order valence-corrected chi connectivity index (χ0v) is 20.7. The maximum absolute atomic E-state index is 14.0. The van der Waals surface area contributed by atoms with Gasteiger partial charge in [0, 0.05) is 35.5 Å². The summed E-state index contributed by atoms with van der Waals surface area (Å²) in [5.41, 5.74) is 6.07. The van der Waals surface area contributed by atoms with Crippen molar-refractivity contribution in [1.82, 2.24) is 5.32 Å². The molecule has 1 fully saturated rings. The lowest BCUT2D eigenvalue weighted by Crippen LogP contribution is -2.67. The Kier molecular flexibility index (Phi) is 6.70. The Morgan fingerprint density at radius 1 is 1.18 bits per heavy atom. The fourth-order valence-electron chi connectivity index (χ4n) is 5.60. The third kappa shape index (κ3) is 3.43. The molecule has 3 unspecified atom stereocenters. The lowest BCUT2D eigenvalue weighted by molar-refractivity contribution is -0.118. The predicted molar refractivity (Wildman–Crippen MR) is 128 cm³/mol. The number of hydrogen-bond donors (Lipinski definition) is 3. The van der Waals surface area contributed by atoms with Crippen LogP contribution in [-0.2, 0) is 0 Å². The Balaban J connectivity index is 1.84. The summed E-state index contributed by atoms with van der Waals surface area (Å²) in [5, 5.41) is 15.3. The summed E-state index contributed by atoms with van der Waals surface area (Å²) >= 11 is 6.54. The van der Waals surface area contributed by atoms with Gasteiger partial charge in [0.2, 0.25) is 11.4 Å². The van der Waals surface area contributed by atoms with E-state index in [0.717, 1.165) is 5.56 Å². The van der Waals surface area contributed by atoms with Crippen LogP contribution in [0.3, 0.4) is 0 Å². The Hall–Kier alpha value is -2.52. The zero-order chi connectivity index (χ0) is 24.8. The molecule has 2 aromatic carbocycles. The standard InChI is InChI=1S/C25H31ClN2O6/c1-12-10-14(27)18(21(28-2)13-8-6-7-9-15(13)31-3)23(29)25(12)24(30)19-16(32-4)11-17(33-5)20(26)22(19)34-25/h6-9,11-12,14,18,21,23,28-29H,10,27H2,1-5H3/t12-,14?,18?,21?,23-,25+/m1/s1. The number of nitrogens with one attached hydrogen (secondary N) is 1. The Labute approximate surface area is 204 Å². The first-order valence-corrected chi connectivity index (χ1v) is 11.6. The summed E-state index contributed by atoms with van der Waals surface area (Å²) in [4.78, 5) is 14.0. The molecule has 4 N–H and O–H groups in total. The molecule has 9 heteroatoms. The number of carbonyl (C=O) groups is 1. The van der Waals surface area contributed by atoms with Crippen LogP contribution in [0, 0.1) is 11.8 Å². The topological polar surface area (TPSA) is 112 Å². The molecule has 0 aromatic heterocycles. The van der Waals surface area contributed by atoms with Gasteiger partial charge < -0.3 is 35.1 Å². The molecule has 1 aliphatic heterocycles. The van der Waals surface area contributed by atoms with Gasteiger partial charge in [0.05, 0.1) is 21.3 Å². The molecule has 4 rings (SSSR count). The average molecular weight is 491 g/mol. The number of benzene rings is 2. The molecule has 1 aliphatic carbocycles. The van der Waals surface area contributed by atoms with Crippen LogP contribution in [0.5, 0.6) is 23.0 Å². The molecule has 0 radical (unpaired) electrons. The monoisotopic (exact) mass is 490 g/mol. The van der Waals surface area contributed by atoms with E-state index in [4.69, 9.17) is 36.3 Å². The van der Waals surface area contributed by atoms with Crippen molar-refractivity contribution in [1.29, 1.82) is 0 Å². The van der Waals surface area contributed by atoms with Gasteiger partial charge in [0.25, 0.3) is 0 Å². The first kappa shape index (κ1) is 24.6. The Bertz CT molecular complexity index is 1100. The highest BCUT2D eigenvalue weighted by Gasteiger charge is 2.64. The molecule has 184 valence electrons. The fourth-order valence-corrected chi connectivity index (χ4v) is 5.86. The second-order valence-corrected chi connectivity index (χ2v) is 9.23. The van der Waals surface area contributed by atoms with E-state index < -0.39 is 35.6 Å². The largest absolute Gasteiger partial charge is 0.496 e. The van der Waals surface area contributed by atoms with Crippen LogP contribution in [0.15, 0.2) is 30.3 Å². The minimum Gasteiger partial charge on any atom is -0.496 e. The van der Waals surface area contributed by atoms with Gasteiger partial charge in [0.15, 0.2) is 5.75 Å². The van der Waals surface area contributed by atoms with Crippen LogP contribution < -0.4 is 30.0 Å². The highest BCUT2D eigenvalue weighted by Crippen LogP contribution is 2.56. The van der Waals surface area contributed by atoms with Crippen molar-refractivity contribution >= 4 is 17.4 Å². The van der Waals surface area contributed by atoms with E-state index in [9.17, 15) is 9.90 Å². The number of carbonyl (C=O) groups excluding carboxylic acids is 1. The number of fused-ring (bicyclic) bond motifs is 1. The second-order valence-electron chi connectivity index (χ2n) is 8.85. The van der Waals surface area contributed by atoms with Crippen LogP contribution in [0.25, 0.3) is 0 Å². The Morgan fingerprint density at radius 2 is 1.82 bits per heavy atom. The van der Waals surface area contributed by atoms with Gasteiger partial charge in [-0.1, -0.05) is 36.7 Å². The van der Waals surface area contributed by atoms with Crippen LogP contribution in [0.1, 0.15) is 35.3 Å². The fraction of sp³-hybridized carbons (Fsp3) is 0.480. The van der Waals surface area contributed by atoms with E-state index >= 15 is 0 Å². The highest BCUT2D eigenvalue weighted by atomic mass is 35.5. The van der Waals surface area contributed by atoms with E-state index in [1.807, 2.05) is 31.2 Å². The van der Waals surface area contributed by atoms with Gasteiger partial charge in [-0.3, -0.25) is 4.79 Å².